The molecule has 0 aliphatic heterocycles. The van der Waals surface area contributed by atoms with Crippen LogP contribution in [0.5, 0.6) is 0 Å². The van der Waals surface area contributed by atoms with E-state index in [0.717, 1.165) is 12.1 Å². The lowest BCUT2D eigenvalue weighted by atomic mass is 9.96. The SMILES string of the molecule is Nc1onc(CC2CCCC2)c1-c1ccccc1F. The zero-order valence-electron chi connectivity index (χ0n) is 10.7. The first-order chi connectivity index (χ1) is 9.25. The molecule has 1 aromatic heterocycles. The maximum absolute atomic E-state index is 13.9. The maximum atomic E-state index is 13.9. The van der Waals surface area contributed by atoms with E-state index in [1.54, 1.807) is 18.2 Å². The van der Waals surface area contributed by atoms with Gasteiger partial charge in [0.05, 0.1) is 11.3 Å². The fraction of sp³-hybridized carbons (Fsp3) is 0.400. The molecule has 1 aromatic carbocycles. The van der Waals surface area contributed by atoms with E-state index in [-0.39, 0.29) is 11.7 Å². The Bertz CT molecular complexity index is 573. The summed E-state index contributed by atoms with van der Waals surface area (Å²) in [6, 6.07) is 6.61. The number of aromatic nitrogens is 1. The van der Waals surface area contributed by atoms with Crippen LogP contribution in [-0.2, 0) is 6.42 Å². The summed E-state index contributed by atoms with van der Waals surface area (Å²) in [4.78, 5) is 0. The average molecular weight is 260 g/mol. The molecule has 1 heterocycles. The van der Waals surface area contributed by atoms with Gasteiger partial charge in [0.2, 0.25) is 5.88 Å². The van der Waals surface area contributed by atoms with Crippen LogP contribution in [0.15, 0.2) is 28.8 Å². The van der Waals surface area contributed by atoms with Gasteiger partial charge in [0.15, 0.2) is 0 Å². The molecule has 0 amide bonds. The van der Waals surface area contributed by atoms with Crippen molar-refractivity contribution in [3.63, 3.8) is 0 Å². The van der Waals surface area contributed by atoms with E-state index in [4.69, 9.17) is 10.3 Å². The Labute approximate surface area is 111 Å². The van der Waals surface area contributed by atoms with Crippen LogP contribution >= 0.6 is 0 Å². The van der Waals surface area contributed by atoms with Crippen molar-refractivity contribution in [3.05, 3.63) is 35.8 Å². The second kappa shape index (κ2) is 5.03. The molecule has 0 unspecified atom stereocenters. The predicted octanol–water partition coefficient (Wildman–Crippen LogP) is 3.80. The zero-order chi connectivity index (χ0) is 13.2. The Kier molecular flexibility index (Phi) is 3.23. The molecule has 3 rings (SSSR count). The molecule has 3 nitrogen and oxygen atoms in total. The molecule has 4 heteroatoms. The van der Waals surface area contributed by atoms with E-state index in [9.17, 15) is 4.39 Å². The minimum absolute atomic E-state index is 0.207. The van der Waals surface area contributed by atoms with Gasteiger partial charge in [-0.25, -0.2) is 4.39 Å². The molecule has 1 aliphatic carbocycles. The summed E-state index contributed by atoms with van der Waals surface area (Å²) in [6.45, 7) is 0. The lowest BCUT2D eigenvalue weighted by Crippen LogP contribution is -2.01. The van der Waals surface area contributed by atoms with E-state index >= 15 is 0 Å². The van der Waals surface area contributed by atoms with Crippen LogP contribution in [0.4, 0.5) is 10.3 Å². The summed E-state index contributed by atoms with van der Waals surface area (Å²) in [7, 11) is 0. The first-order valence-corrected chi connectivity index (χ1v) is 6.74. The number of nitrogens with zero attached hydrogens (tertiary/aromatic N) is 1. The highest BCUT2D eigenvalue weighted by Gasteiger charge is 2.23. The highest BCUT2D eigenvalue weighted by molar-refractivity contribution is 5.75. The van der Waals surface area contributed by atoms with Crippen LogP contribution in [0.25, 0.3) is 11.1 Å². The first-order valence-electron chi connectivity index (χ1n) is 6.74. The van der Waals surface area contributed by atoms with Crippen molar-refractivity contribution >= 4 is 5.88 Å². The number of nitrogen functional groups attached to an aromatic ring is 1. The molecule has 1 fully saturated rings. The van der Waals surface area contributed by atoms with Gasteiger partial charge in [-0.15, -0.1) is 0 Å². The molecule has 0 bridgehead atoms. The van der Waals surface area contributed by atoms with Crippen molar-refractivity contribution in [1.29, 1.82) is 0 Å². The molecular weight excluding hydrogens is 243 g/mol. The van der Waals surface area contributed by atoms with Crippen LogP contribution in [-0.4, -0.2) is 5.16 Å². The van der Waals surface area contributed by atoms with E-state index in [1.165, 1.54) is 31.7 Å². The van der Waals surface area contributed by atoms with Crippen molar-refractivity contribution in [1.82, 2.24) is 5.16 Å². The van der Waals surface area contributed by atoms with Crippen LogP contribution in [0.3, 0.4) is 0 Å². The summed E-state index contributed by atoms with van der Waals surface area (Å²) >= 11 is 0. The van der Waals surface area contributed by atoms with E-state index in [0.29, 0.717) is 17.0 Å². The lowest BCUT2D eigenvalue weighted by molar-refractivity contribution is 0.417. The minimum Gasteiger partial charge on any atom is -0.367 e. The highest BCUT2D eigenvalue weighted by Crippen LogP contribution is 2.35. The Morgan fingerprint density at radius 3 is 2.74 bits per heavy atom. The Hall–Kier alpha value is -1.84. The molecule has 19 heavy (non-hydrogen) atoms. The molecule has 1 saturated carbocycles. The summed E-state index contributed by atoms with van der Waals surface area (Å²) in [5.41, 5.74) is 7.72. The summed E-state index contributed by atoms with van der Waals surface area (Å²) in [5, 5.41) is 4.03. The fourth-order valence-electron chi connectivity index (χ4n) is 2.92. The molecule has 0 radical (unpaired) electrons. The van der Waals surface area contributed by atoms with Gasteiger partial charge in [-0.3, -0.25) is 0 Å². The molecule has 1 aliphatic rings. The molecule has 0 atom stereocenters. The van der Waals surface area contributed by atoms with Crippen LogP contribution in [0.2, 0.25) is 0 Å². The number of nitrogens with two attached hydrogens (primary N) is 1. The Morgan fingerprint density at radius 2 is 2.00 bits per heavy atom. The van der Waals surface area contributed by atoms with Crippen molar-refractivity contribution < 1.29 is 8.91 Å². The molecule has 0 spiro atoms. The number of anilines is 1. The Morgan fingerprint density at radius 1 is 1.26 bits per heavy atom. The van der Waals surface area contributed by atoms with Crippen LogP contribution in [0, 0.1) is 11.7 Å². The van der Waals surface area contributed by atoms with Gasteiger partial charge in [-0.1, -0.05) is 49.0 Å². The molecular formula is C15H17FN2O. The lowest BCUT2D eigenvalue weighted by Gasteiger charge is -2.08. The number of halogens is 1. The van der Waals surface area contributed by atoms with E-state index < -0.39 is 0 Å². The normalized spacial score (nSPS) is 16.1. The summed E-state index contributed by atoms with van der Waals surface area (Å²) < 4.78 is 19.0. The minimum atomic E-state index is -0.287. The van der Waals surface area contributed by atoms with Gasteiger partial charge in [-0.05, 0) is 18.4 Å². The average Bonchev–Trinajstić information content (AvgIpc) is 3.02. The number of hydrogen-bond donors (Lipinski definition) is 1. The third kappa shape index (κ3) is 2.35. The third-order valence-corrected chi connectivity index (χ3v) is 3.89. The first kappa shape index (κ1) is 12.2. The molecule has 0 saturated heterocycles. The fourth-order valence-corrected chi connectivity index (χ4v) is 2.92. The summed E-state index contributed by atoms with van der Waals surface area (Å²) in [5.74, 6) is 0.540. The van der Waals surface area contributed by atoms with E-state index in [2.05, 4.69) is 5.16 Å². The number of rotatable bonds is 3. The van der Waals surface area contributed by atoms with Gasteiger partial charge in [0.25, 0.3) is 0 Å². The van der Waals surface area contributed by atoms with Crippen LogP contribution < -0.4 is 5.73 Å². The second-order valence-electron chi connectivity index (χ2n) is 5.20. The van der Waals surface area contributed by atoms with Gasteiger partial charge in [0.1, 0.15) is 5.82 Å². The van der Waals surface area contributed by atoms with Gasteiger partial charge < -0.3 is 10.3 Å². The van der Waals surface area contributed by atoms with Crippen molar-refractivity contribution in [2.45, 2.75) is 32.1 Å². The smallest absolute Gasteiger partial charge is 0.230 e. The van der Waals surface area contributed by atoms with Gasteiger partial charge >= 0.3 is 0 Å². The third-order valence-electron chi connectivity index (χ3n) is 3.89. The largest absolute Gasteiger partial charge is 0.367 e. The number of benzene rings is 1. The molecule has 2 N–H and O–H groups in total. The molecule has 2 aromatic rings. The van der Waals surface area contributed by atoms with E-state index in [1.807, 2.05) is 0 Å². The standard InChI is InChI=1S/C15H17FN2O/c16-12-8-4-3-7-11(12)14-13(18-19-15(14)17)9-10-5-1-2-6-10/h3-4,7-8,10H,1-2,5-6,9,17H2. The van der Waals surface area contributed by atoms with Crippen LogP contribution in [0.1, 0.15) is 31.4 Å². The maximum Gasteiger partial charge on any atom is 0.230 e. The van der Waals surface area contributed by atoms with Gasteiger partial charge in [0, 0.05) is 5.56 Å². The zero-order valence-corrected chi connectivity index (χ0v) is 10.7. The predicted molar refractivity (Wildman–Crippen MR) is 72.0 cm³/mol. The second-order valence-corrected chi connectivity index (χ2v) is 5.20. The monoisotopic (exact) mass is 260 g/mol. The summed E-state index contributed by atoms with van der Waals surface area (Å²) in [6.07, 6.45) is 5.79. The number of hydrogen-bond acceptors (Lipinski definition) is 3. The topological polar surface area (TPSA) is 52.0 Å². The quantitative estimate of drug-likeness (QED) is 0.913. The molecule has 100 valence electrons. The van der Waals surface area contributed by atoms with Crippen molar-refractivity contribution in [2.24, 2.45) is 5.92 Å². The highest BCUT2D eigenvalue weighted by atomic mass is 19.1. The Balaban J connectivity index is 1.96. The van der Waals surface area contributed by atoms with Crippen molar-refractivity contribution in [3.8, 4) is 11.1 Å². The van der Waals surface area contributed by atoms with Gasteiger partial charge in [-0.2, -0.15) is 0 Å². The van der Waals surface area contributed by atoms with Crippen molar-refractivity contribution in [2.75, 3.05) is 5.73 Å².